The maximum absolute atomic E-state index is 11.2. The summed E-state index contributed by atoms with van der Waals surface area (Å²) in [7, 11) is 1.39. The molecule has 112 valence electrons. The molecule has 0 saturated heterocycles. The predicted molar refractivity (Wildman–Crippen MR) is 77.7 cm³/mol. The summed E-state index contributed by atoms with van der Waals surface area (Å²) in [5, 5.41) is 10.7. The Morgan fingerprint density at radius 2 is 1.95 bits per heavy atom. The smallest absolute Gasteiger partial charge is 0.327 e. The SMILES string of the molecule is COC(=O)[C@H](C)Nc1ccc(C)cc1C.NCC(=O)O. The lowest BCUT2D eigenvalue weighted by Gasteiger charge is -2.15. The molecule has 0 aliphatic carbocycles. The number of benzene rings is 1. The van der Waals surface area contributed by atoms with E-state index in [1.165, 1.54) is 12.7 Å². The molecule has 0 radical (unpaired) electrons. The van der Waals surface area contributed by atoms with Crippen LogP contribution in [-0.2, 0) is 14.3 Å². The lowest BCUT2D eigenvalue weighted by molar-refractivity contribution is -0.141. The Labute approximate surface area is 118 Å². The van der Waals surface area contributed by atoms with Gasteiger partial charge in [0.05, 0.1) is 13.7 Å². The standard InChI is InChI=1S/C12H17NO2.C2H5NO2/c1-8-5-6-11(9(2)7-8)13-10(3)12(14)15-4;3-1-2(4)5/h5-7,10,13H,1-4H3;1,3H2,(H,4,5)/t10-;/m0./s1. The number of esters is 1. The molecule has 0 saturated carbocycles. The normalized spacial score (nSPS) is 10.8. The highest BCUT2D eigenvalue weighted by Crippen LogP contribution is 2.17. The summed E-state index contributed by atoms with van der Waals surface area (Å²) in [6.45, 7) is 5.56. The summed E-state index contributed by atoms with van der Waals surface area (Å²) in [6, 6.07) is 5.74. The van der Waals surface area contributed by atoms with E-state index in [2.05, 4.69) is 21.9 Å². The van der Waals surface area contributed by atoms with Gasteiger partial charge in [-0.15, -0.1) is 0 Å². The third kappa shape index (κ3) is 6.75. The Morgan fingerprint density at radius 3 is 2.35 bits per heavy atom. The van der Waals surface area contributed by atoms with Crippen LogP contribution in [0, 0.1) is 13.8 Å². The van der Waals surface area contributed by atoms with Crippen molar-refractivity contribution in [3.05, 3.63) is 29.3 Å². The van der Waals surface area contributed by atoms with Gasteiger partial charge in [-0.05, 0) is 32.4 Å². The van der Waals surface area contributed by atoms with Gasteiger partial charge in [0.25, 0.3) is 0 Å². The number of rotatable bonds is 4. The molecular formula is C14H22N2O4. The Hall–Kier alpha value is -2.08. The number of carboxylic acids is 1. The zero-order valence-corrected chi connectivity index (χ0v) is 12.3. The van der Waals surface area contributed by atoms with E-state index in [0.717, 1.165) is 11.3 Å². The van der Waals surface area contributed by atoms with Crippen LogP contribution in [0.1, 0.15) is 18.1 Å². The molecule has 4 N–H and O–H groups in total. The maximum atomic E-state index is 11.2. The third-order valence-electron chi connectivity index (χ3n) is 2.48. The van der Waals surface area contributed by atoms with E-state index in [4.69, 9.17) is 5.11 Å². The highest BCUT2D eigenvalue weighted by atomic mass is 16.5. The summed E-state index contributed by atoms with van der Waals surface area (Å²) in [5.74, 6) is -1.22. The fourth-order valence-corrected chi connectivity index (χ4v) is 1.44. The van der Waals surface area contributed by atoms with E-state index >= 15 is 0 Å². The molecule has 0 heterocycles. The molecule has 1 rings (SSSR count). The third-order valence-corrected chi connectivity index (χ3v) is 2.48. The molecule has 0 aliphatic rings. The highest BCUT2D eigenvalue weighted by Gasteiger charge is 2.12. The van der Waals surface area contributed by atoms with Crippen LogP contribution in [-0.4, -0.2) is 36.7 Å². The minimum atomic E-state index is -0.968. The first-order chi connectivity index (χ1) is 9.31. The number of nitrogens with two attached hydrogens (primary N) is 1. The van der Waals surface area contributed by atoms with E-state index in [9.17, 15) is 9.59 Å². The summed E-state index contributed by atoms with van der Waals surface area (Å²) >= 11 is 0. The zero-order valence-electron chi connectivity index (χ0n) is 12.3. The van der Waals surface area contributed by atoms with E-state index in [1.54, 1.807) is 6.92 Å². The lowest BCUT2D eigenvalue weighted by Crippen LogP contribution is -2.27. The number of methoxy groups -OCH3 is 1. The first-order valence-electron chi connectivity index (χ1n) is 6.15. The molecule has 1 atom stereocenters. The van der Waals surface area contributed by atoms with E-state index in [-0.39, 0.29) is 18.6 Å². The van der Waals surface area contributed by atoms with E-state index in [1.807, 2.05) is 26.0 Å². The zero-order chi connectivity index (χ0) is 15.7. The van der Waals surface area contributed by atoms with E-state index in [0.29, 0.717) is 0 Å². The molecule has 1 aromatic rings. The quantitative estimate of drug-likeness (QED) is 0.720. The van der Waals surface area contributed by atoms with Crippen LogP contribution in [0.5, 0.6) is 0 Å². The summed E-state index contributed by atoms with van der Waals surface area (Å²) in [6.07, 6.45) is 0. The van der Waals surface area contributed by atoms with E-state index < -0.39 is 5.97 Å². The number of hydrogen-bond donors (Lipinski definition) is 3. The number of carbonyl (C=O) groups is 2. The molecule has 0 fully saturated rings. The predicted octanol–water partition coefficient (Wildman–Crippen LogP) is 1.31. The van der Waals surface area contributed by atoms with Crippen molar-refractivity contribution in [2.75, 3.05) is 19.0 Å². The number of hydrogen-bond acceptors (Lipinski definition) is 5. The minimum Gasteiger partial charge on any atom is -0.480 e. The molecule has 6 heteroatoms. The molecule has 0 bridgehead atoms. The van der Waals surface area contributed by atoms with Gasteiger partial charge in [0.1, 0.15) is 6.04 Å². The molecule has 0 aromatic heterocycles. The van der Waals surface area contributed by atoms with Gasteiger partial charge >= 0.3 is 11.9 Å². The summed E-state index contributed by atoms with van der Waals surface area (Å²) in [4.78, 5) is 20.5. The molecule has 0 aliphatic heterocycles. The summed E-state index contributed by atoms with van der Waals surface area (Å²) in [5.41, 5.74) is 7.88. The van der Waals surface area contributed by atoms with Gasteiger partial charge in [0.15, 0.2) is 0 Å². The fraction of sp³-hybridized carbons (Fsp3) is 0.429. The molecule has 1 aromatic carbocycles. The molecule has 20 heavy (non-hydrogen) atoms. The number of aliphatic carboxylic acids is 1. The summed E-state index contributed by atoms with van der Waals surface area (Å²) < 4.78 is 4.65. The van der Waals surface area contributed by atoms with Crippen molar-refractivity contribution in [1.82, 2.24) is 0 Å². The monoisotopic (exact) mass is 282 g/mol. The topological polar surface area (TPSA) is 102 Å². The second-order valence-electron chi connectivity index (χ2n) is 4.31. The van der Waals surface area contributed by atoms with Crippen LogP contribution in [0.4, 0.5) is 5.69 Å². The largest absolute Gasteiger partial charge is 0.480 e. The maximum Gasteiger partial charge on any atom is 0.327 e. The number of carbonyl (C=O) groups excluding carboxylic acids is 1. The van der Waals surface area contributed by atoms with Crippen LogP contribution in [0.2, 0.25) is 0 Å². The second kappa shape index (κ2) is 8.92. The molecule has 6 nitrogen and oxygen atoms in total. The van der Waals surface area contributed by atoms with Gasteiger partial charge in [-0.2, -0.15) is 0 Å². The second-order valence-corrected chi connectivity index (χ2v) is 4.31. The molecular weight excluding hydrogens is 260 g/mol. The lowest BCUT2D eigenvalue weighted by atomic mass is 10.1. The van der Waals surface area contributed by atoms with Gasteiger partial charge in [-0.25, -0.2) is 4.79 Å². The van der Waals surface area contributed by atoms with Crippen LogP contribution >= 0.6 is 0 Å². The van der Waals surface area contributed by atoms with Crippen LogP contribution in [0.25, 0.3) is 0 Å². The van der Waals surface area contributed by atoms with Gasteiger partial charge in [-0.1, -0.05) is 17.7 Å². The fourth-order valence-electron chi connectivity index (χ4n) is 1.44. The van der Waals surface area contributed by atoms with Crippen molar-refractivity contribution >= 4 is 17.6 Å². The van der Waals surface area contributed by atoms with Gasteiger partial charge in [-0.3, -0.25) is 4.79 Å². The Balaban J connectivity index is 0.000000621. The minimum absolute atomic E-state index is 0.255. The molecule has 0 unspecified atom stereocenters. The Morgan fingerprint density at radius 1 is 1.40 bits per heavy atom. The van der Waals surface area contributed by atoms with Crippen molar-refractivity contribution in [3.63, 3.8) is 0 Å². The van der Waals surface area contributed by atoms with Gasteiger partial charge in [0.2, 0.25) is 0 Å². The van der Waals surface area contributed by atoms with Crippen molar-refractivity contribution in [1.29, 1.82) is 0 Å². The first-order valence-corrected chi connectivity index (χ1v) is 6.15. The van der Waals surface area contributed by atoms with Gasteiger partial charge in [0, 0.05) is 5.69 Å². The Bertz CT molecular complexity index is 460. The number of nitrogens with one attached hydrogen (secondary N) is 1. The number of aryl methyl sites for hydroxylation is 2. The molecule has 0 amide bonds. The average Bonchev–Trinajstić information content (AvgIpc) is 2.41. The molecule has 0 spiro atoms. The Kier molecular flexibility index (Phi) is 8.00. The van der Waals surface area contributed by atoms with Crippen LogP contribution < -0.4 is 11.1 Å². The van der Waals surface area contributed by atoms with Crippen molar-refractivity contribution in [2.45, 2.75) is 26.8 Å². The number of ether oxygens (including phenoxy) is 1. The van der Waals surface area contributed by atoms with Crippen LogP contribution in [0.3, 0.4) is 0 Å². The van der Waals surface area contributed by atoms with Crippen molar-refractivity contribution in [3.8, 4) is 0 Å². The number of anilines is 1. The van der Waals surface area contributed by atoms with Crippen molar-refractivity contribution in [2.24, 2.45) is 5.73 Å². The van der Waals surface area contributed by atoms with Crippen molar-refractivity contribution < 1.29 is 19.4 Å². The van der Waals surface area contributed by atoms with Gasteiger partial charge < -0.3 is 20.9 Å². The highest BCUT2D eigenvalue weighted by molar-refractivity contribution is 5.79. The average molecular weight is 282 g/mol. The van der Waals surface area contributed by atoms with Crippen LogP contribution in [0.15, 0.2) is 18.2 Å². The number of carboxylic acid groups (broad SMARTS) is 1. The first kappa shape index (κ1) is 17.9.